The zero-order valence-corrected chi connectivity index (χ0v) is 9.84. The van der Waals surface area contributed by atoms with Crippen LogP contribution in [0.4, 0.5) is 0 Å². The normalized spacial score (nSPS) is 10.1. The van der Waals surface area contributed by atoms with E-state index in [0.717, 1.165) is 6.39 Å². The first-order chi connectivity index (χ1) is 8.67. The van der Waals surface area contributed by atoms with E-state index in [0.29, 0.717) is 17.1 Å². The fourth-order valence-electron chi connectivity index (χ4n) is 1.58. The summed E-state index contributed by atoms with van der Waals surface area (Å²) < 4.78 is 15.4. The highest BCUT2D eigenvalue weighted by molar-refractivity contribution is 5.93. The summed E-state index contributed by atoms with van der Waals surface area (Å²) in [6.07, 6.45) is 1.09. The maximum Gasteiger partial charge on any atom is 0.358 e. The highest BCUT2D eigenvalue weighted by atomic mass is 16.5. The van der Waals surface area contributed by atoms with Crippen molar-refractivity contribution < 1.29 is 23.8 Å². The zero-order valence-electron chi connectivity index (χ0n) is 9.84. The number of nitrogens with zero attached hydrogens (tertiary/aromatic N) is 1. The van der Waals surface area contributed by atoms with Crippen LogP contribution in [-0.2, 0) is 0 Å². The summed E-state index contributed by atoms with van der Waals surface area (Å²) in [6.45, 7) is 0. The van der Waals surface area contributed by atoms with Crippen molar-refractivity contribution in [3.8, 4) is 22.8 Å². The van der Waals surface area contributed by atoms with Gasteiger partial charge in [-0.15, -0.1) is 0 Å². The molecule has 2 rings (SSSR count). The number of carbonyl (C=O) groups is 1. The van der Waals surface area contributed by atoms with Crippen LogP contribution in [0.25, 0.3) is 11.3 Å². The lowest BCUT2D eigenvalue weighted by atomic mass is 10.1. The molecule has 18 heavy (non-hydrogen) atoms. The van der Waals surface area contributed by atoms with Gasteiger partial charge in [0.2, 0.25) is 0 Å². The molecule has 1 aromatic heterocycles. The van der Waals surface area contributed by atoms with E-state index >= 15 is 0 Å². The van der Waals surface area contributed by atoms with Gasteiger partial charge in [0, 0.05) is 6.07 Å². The van der Waals surface area contributed by atoms with E-state index < -0.39 is 5.97 Å². The third-order valence-corrected chi connectivity index (χ3v) is 2.42. The van der Waals surface area contributed by atoms with Gasteiger partial charge >= 0.3 is 5.97 Å². The Balaban J connectivity index is 2.56. The van der Waals surface area contributed by atoms with Crippen LogP contribution in [0, 0.1) is 0 Å². The van der Waals surface area contributed by atoms with Gasteiger partial charge in [0.15, 0.2) is 17.8 Å². The quantitative estimate of drug-likeness (QED) is 0.893. The molecule has 0 fully saturated rings. The summed E-state index contributed by atoms with van der Waals surface area (Å²) in [4.78, 5) is 14.6. The summed E-state index contributed by atoms with van der Waals surface area (Å²) in [7, 11) is 3.01. The number of hydrogen-bond donors (Lipinski definition) is 1. The third-order valence-electron chi connectivity index (χ3n) is 2.42. The lowest BCUT2D eigenvalue weighted by Crippen LogP contribution is -1.99. The molecule has 6 heteroatoms. The average molecular weight is 249 g/mol. The van der Waals surface area contributed by atoms with Crippen LogP contribution in [0.5, 0.6) is 11.5 Å². The van der Waals surface area contributed by atoms with Gasteiger partial charge in [0.25, 0.3) is 0 Å². The average Bonchev–Trinajstić information content (AvgIpc) is 2.87. The molecule has 0 saturated carbocycles. The van der Waals surface area contributed by atoms with E-state index in [9.17, 15) is 4.79 Å². The van der Waals surface area contributed by atoms with Crippen LogP contribution in [0.3, 0.4) is 0 Å². The Morgan fingerprint density at radius 2 is 2.11 bits per heavy atom. The van der Waals surface area contributed by atoms with Gasteiger partial charge < -0.3 is 19.0 Å². The van der Waals surface area contributed by atoms with E-state index in [4.69, 9.17) is 19.0 Å². The Bertz CT molecular complexity index is 576. The molecule has 0 radical (unpaired) electrons. The number of aromatic nitrogens is 1. The van der Waals surface area contributed by atoms with Gasteiger partial charge in [0.05, 0.1) is 19.8 Å². The second-order valence-corrected chi connectivity index (χ2v) is 3.40. The summed E-state index contributed by atoms with van der Waals surface area (Å²) in [5, 5.41) is 8.99. The molecule has 0 amide bonds. The molecule has 1 N–H and O–H groups in total. The molecule has 2 aromatic rings. The first kappa shape index (κ1) is 12.0. The van der Waals surface area contributed by atoms with Crippen molar-refractivity contribution in [3.05, 3.63) is 30.3 Å². The number of rotatable bonds is 4. The van der Waals surface area contributed by atoms with Crippen molar-refractivity contribution in [2.24, 2.45) is 0 Å². The van der Waals surface area contributed by atoms with Crippen LogP contribution < -0.4 is 9.47 Å². The molecule has 0 atom stereocenters. The van der Waals surface area contributed by atoms with Gasteiger partial charge in [-0.05, 0) is 12.1 Å². The molecule has 0 spiro atoms. The largest absolute Gasteiger partial charge is 0.497 e. The maximum atomic E-state index is 11.0. The minimum absolute atomic E-state index is 0.154. The van der Waals surface area contributed by atoms with Crippen LogP contribution in [0.1, 0.15) is 10.5 Å². The fourth-order valence-corrected chi connectivity index (χ4v) is 1.58. The molecule has 1 aromatic carbocycles. The number of methoxy groups -OCH3 is 2. The third kappa shape index (κ3) is 2.00. The highest BCUT2D eigenvalue weighted by Gasteiger charge is 2.20. The van der Waals surface area contributed by atoms with Crippen LogP contribution >= 0.6 is 0 Å². The van der Waals surface area contributed by atoms with E-state index in [1.807, 2.05) is 0 Å². The Morgan fingerprint density at radius 1 is 1.33 bits per heavy atom. The Morgan fingerprint density at radius 3 is 2.72 bits per heavy atom. The van der Waals surface area contributed by atoms with Crippen molar-refractivity contribution >= 4 is 5.97 Å². The highest BCUT2D eigenvalue weighted by Crippen LogP contribution is 2.34. The summed E-state index contributed by atoms with van der Waals surface area (Å²) in [5.41, 5.74) is 0.353. The van der Waals surface area contributed by atoms with E-state index in [1.165, 1.54) is 14.2 Å². The fraction of sp³-hybridized carbons (Fsp3) is 0.167. The number of benzene rings is 1. The number of aromatic carboxylic acids is 1. The molecule has 6 nitrogen and oxygen atoms in total. The Labute approximate surface area is 103 Å². The van der Waals surface area contributed by atoms with Gasteiger partial charge in [-0.1, -0.05) is 0 Å². The smallest absolute Gasteiger partial charge is 0.358 e. The van der Waals surface area contributed by atoms with Crippen molar-refractivity contribution in [1.82, 2.24) is 4.98 Å². The van der Waals surface area contributed by atoms with Gasteiger partial charge in [0.1, 0.15) is 11.5 Å². The van der Waals surface area contributed by atoms with Gasteiger partial charge in [-0.3, -0.25) is 0 Å². The second kappa shape index (κ2) is 4.79. The number of ether oxygens (including phenoxy) is 2. The predicted molar refractivity (Wildman–Crippen MR) is 62.0 cm³/mol. The topological polar surface area (TPSA) is 81.8 Å². The minimum atomic E-state index is -1.16. The van der Waals surface area contributed by atoms with Crippen molar-refractivity contribution in [3.63, 3.8) is 0 Å². The zero-order chi connectivity index (χ0) is 13.1. The van der Waals surface area contributed by atoms with Crippen LogP contribution in [0.2, 0.25) is 0 Å². The predicted octanol–water partition coefficient (Wildman–Crippen LogP) is 2.06. The molecule has 0 aliphatic rings. The van der Waals surface area contributed by atoms with Gasteiger partial charge in [-0.2, -0.15) is 0 Å². The lowest BCUT2D eigenvalue weighted by Gasteiger charge is -2.08. The summed E-state index contributed by atoms with van der Waals surface area (Å²) >= 11 is 0. The van der Waals surface area contributed by atoms with E-state index in [1.54, 1.807) is 18.2 Å². The monoisotopic (exact) mass is 249 g/mol. The van der Waals surface area contributed by atoms with Crippen LogP contribution in [0.15, 0.2) is 29.0 Å². The molecule has 1 heterocycles. The first-order valence-electron chi connectivity index (χ1n) is 5.06. The first-order valence-corrected chi connectivity index (χ1v) is 5.06. The molecule has 0 aliphatic carbocycles. The number of carboxylic acid groups (broad SMARTS) is 1. The molecule has 0 unspecified atom stereocenters. The van der Waals surface area contributed by atoms with Gasteiger partial charge in [-0.25, -0.2) is 9.78 Å². The molecule has 0 saturated heterocycles. The summed E-state index contributed by atoms with van der Waals surface area (Å²) in [5.74, 6) is 0.0548. The number of carboxylic acids is 1. The Hall–Kier alpha value is -2.50. The van der Waals surface area contributed by atoms with Crippen molar-refractivity contribution in [1.29, 1.82) is 0 Å². The second-order valence-electron chi connectivity index (χ2n) is 3.40. The molecule has 94 valence electrons. The van der Waals surface area contributed by atoms with E-state index in [2.05, 4.69) is 4.98 Å². The van der Waals surface area contributed by atoms with Crippen molar-refractivity contribution in [2.75, 3.05) is 14.2 Å². The molecule has 0 aliphatic heterocycles. The number of hydrogen-bond acceptors (Lipinski definition) is 5. The van der Waals surface area contributed by atoms with Crippen molar-refractivity contribution in [2.45, 2.75) is 0 Å². The maximum absolute atomic E-state index is 11.0. The molecular formula is C12H11NO5. The minimum Gasteiger partial charge on any atom is -0.497 e. The molecular weight excluding hydrogens is 238 g/mol. The van der Waals surface area contributed by atoms with E-state index in [-0.39, 0.29) is 11.5 Å². The SMILES string of the molecule is COc1ccc(-c2ocnc2C(=O)O)c(OC)c1. The number of oxazole rings is 1. The van der Waals surface area contributed by atoms with Crippen LogP contribution in [-0.4, -0.2) is 30.3 Å². The summed E-state index contributed by atoms with van der Waals surface area (Å²) in [6, 6.07) is 4.99. The lowest BCUT2D eigenvalue weighted by molar-refractivity contribution is 0.0691. The standard InChI is InChI=1S/C12H11NO5/c1-16-7-3-4-8(9(5-7)17-2)11-10(12(14)15)13-6-18-11/h3-6H,1-2H3,(H,14,15). The Kier molecular flexibility index (Phi) is 3.18. The molecule has 0 bridgehead atoms.